The van der Waals surface area contributed by atoms with Crippen LogP contribution in [0.1, 0.15) is 30.7 Å². The van der Waals surface area contributed by atoms with Gasteiger partial charge in [-0.15, -0.1) is 11.8 Å². The van der Waals surface area contributed by atoms with E-state index >= 15 is 0 Å². The van der Waals surface area contributed by atoms with Gasteiger partial charge in [0.25, 0.3) is 0 Å². The second-order valence-electron chi connectivity index (χ2n) is 6.72. The number of benzene rings is 2. The Labute approximate surface area is 167 Å². The predicted molar refractivity (Wildman–Crippen MR) is 108 cm³/mol. The Morgan fingerprint density at radius 1 is 1.33 bits per heavy atom. The van der Waals surface area contributed by atoms with Gasteiger partial charge in [-0.25, -0.2) is 4.39 Å². The van der Waals surface area contributed by atoms with Crippen LogP contribution < -0.4 is 4.74 Å². The van der Waals surface area contributed by atoms with Gasteiger partial charge >= 0.3 is 5.97 Å². The summed E-state index contributed by atoms with van der Waals surface area (Å²) < 4.78 is 18.2. The minimum atomic E-state index is -0.848. The van der Waals surface area contributed by atoms with Gasteiger partial charge in [-0.2, -0.15) is 0 Å². The van der Waals surface area contributed by atoms with Gasteiger partial charge in [0.1, 0.15) is 19.0 Å². The lowest BCUT2D eigenvalue weighted by atomic mass is 9.90. The Morgan fingerprint density at radius 2 is 2.04 bits per heavy atom. The molecule has 0 aliphatic heterocycles. The van der Waals surface area contributed by atoms with E-state index in [1.165, 1.54) is 0 Å². The number of carbonyl (C=O) groups is 1. The molecule has 0 aromatic heterocycles. The molecule has 2 aromatic carbocycles. The van der Waals surface area contributed by atoms with Crippen LogP contribution in [-0.4, -0.2) is 30.6 Å². The van der Waals surface area contributed by atoms with E-state index in [9.17, 15) is 14.3 Å². The Morgan fingerprint density at radius 3 is 2.59 bits per heavy atom. The highest BCUT2D eigenvalue weighted by Gasteiger charge is 2.31. The van der Waals surface area contributed by atoms with E-state index in [1.807, 2.05) is 36.6 Å². The van der Waals surface area contributed by atoms with Gasteiger partial charge in [0.2, 0.25) is 0 Å². The highest BCUT2D eigenvalue weighted by atomic mass is 35.5. The van der Waals surface area contributed by atoms with Crippen LogP contribution in [0.2, 0.25) is 5.02 Å². The number of aliphatic carboxylic acids is 1. The average Bonchev–Trinajstić information content (AvgIpc) is 3.49. The van der Waals surface area contributed by atoms with Crippen LogP contribution >= 0.6 is 23.4 Å². The van der Waals surface area contributed by atoms with Crippen LogP contribution in [0, 0.1) is 5.92 Å². The fourth-order valence-electron chi connectivity index (χ4n) is 3.15. The molecule has 0 radical (unpaired) electrons. The zero-order valence-corrected chi connectivity index (χ0v) is 16.7. The molecule has 0 heterocycles. The van der Waals surface area contributed by atoms with Crippen molar-refractivity contribution in [2.75, 3.05) is 19.5 Å². The standard InChI is InChI=1S/C21H22ClFO3S/c1-27-16-6-4-14(5-7-16)17-11-15(12-19(22)20(17)26-9-8-23)18(21(24)25)10-13-2-3-13/h4-7,11-13,18H,2-3,8-10H2,1H3,(H,24,25). The van der Waals surface area contributed by atoms with E-state index in [2.05, 4.69) is 0 Å². The molecule has 1 aliphatic carbocycles. The summed E-state index contributed by atoms with van der Waals surface area (Å²) >= 11 is 8.07. The first-order valence-corrected chi connectivity index (χ1v) is 10.5. The third kappa shape index (κ3) is 4.96. The molecule has 0 spiro atoms. The van der Waals surface area contributed by atoms with Gasteiger partial charge in [-0.05, 0) is 54.0 Å². The Balaban J connectivity index is 2.05. The number of thioether (sulfide) groups is 1. The largest absolute Gasteiger partial charge is 0.489 e. The van der Waals surface area contributed by atoms with Crippen molar-refractivity contribution in [3.63, 3.8) is 0 Å². The molecule has 1 unspecified atom stereocenters. The van der Waals surface area contributed by atoms with Crippen LogP contribution in [0.3, 0.4) is 0 Å². The van der Waals surface area contributed by atoms with Crippen molar-refractivity contribution in [1.29, 1.82) is 0 Å². The van der Waals surface area contributed by atoms with Gasteiger partial charge in [0.05, 0.1) is 10.9 Å². The summed E-state index contributed by atoms with van der Waals surface area (Å²) in [4.78, 5) is 13.0. The zero-order chi connectivity index (χ0) is 19.4. The number of halogens is 2. The Kier molecular flexibility index (Phi) is 6.66. The van der Waals surface area contributed by atoms with Crippen molar-refractivity contribution < 1.29 is 19.0 Å². The number of hydrogen-bond donors (Lipinski definition) is 1. The third-order valence-electron chi connectivity index (χ3n) is 4.76. The van der Waals surface area contributed by atoms with Crippen molar-refractivity contribution in [1.82, 2.24) is 0 Å². The lowest BCUT2D eigenvalue weighted by Crippen LogP contribution is -2.13. The van der Waals surface area contributed by atoms with Crippen molar-refractivity contribution in [2.45, 2.75) is 30.1 Å². The summed E-state index contributed by atoms with van der Waals surface area (Å²) in [6.07, 6.45) is 4.77. The Bertz CT molecular complexity index is 806. The average molecular weight is 409 g/mol. The number of carboxylic acids is 1. The van der Waals surface area contributed by atoms with Gasteiger partial charge in [-0.3, -0.25) is 4.79 Å². The molecular weight excluding hydrogens is 387 g/mol. The number of ether oxygens (including phenoxy) is 1. The SMILES string of the molecule is CSc1ccc(-c2cc(C(CC3CC3)C(=O)O)cc(Cl)c2OCCF)cc1. The summed E-state index contributed by atoms with van der Waals surface area (Å²) in [5, 5.41) is 10.0. The lowest BCUT2D eigenvalue weighted by Gasteiger charge is -2.18. The van der Waals surface area contributed by atoms with Crippen LogP contribution in [0.25, 0.3) is 11.1 Å². The van der Waals surface area contributed by atoms with E-state index in [1.54, 1.807) is 17.8 Å². The van der Waals surface area contributed by atoms with Crippen molar-refractivity contribution in [3.8, 4) is 16.9 Å². The molecule has 6 heteroatoms. The van der Waals surface area contributed by atoms with E-state index in [0.29, 0.717) is 34.2 Å². The minimum absolute atomic E-state index is 0.0978. The minimum Gasteiger partial charge on any atom is -0.489 e. The number of rotatable bonds is 9. The van der Waals surface area contributed by atoms with Crippen molar-refractivity contribution >= 4 is 29.3 Å². The molecule has 1 aliphatic rings. The third-order valence-corrected chi connectivity index (χ3v) is 5.78. The second-order valence-corrected chi connectivity index (χ2v) is 8.00. The molecule has 1 atom stereocenters. The normalized spacial score (nSPS) is 14.8. The lowest BCUT2D eigenvalue weighted by molar-refractivity contribution is -0.139. The molecule has 27 heavy (non-hydrogen) atoms. The number of hydrogen-bond acceptors (Lipinski definition) is 3. The number of carboxylic acid groups (broad SMARTS) is 1. The monoisotopic (exact) mass is 408 g/mol. The molecule has 0 saturated heterocycles. The molecule has 3 rings (SSSR count). The highest BCUT2D eigenvalue weighted by Crippen LogP contribution is 2.43. The predicted octanol–water partition coefficient (Wildman–Crippen LogP) is 6.05. The summed E-state index contributed by atoms with van der Waals surface area (Å²) in [6, 6.07) is 11.3. The van der Waals surface area contributed by atoms with Crippen molar-refractivity contribution in [2.24, 2.45) is 5.92 Å². The molecule has 0 amide bonds. The topological polar surface area (TPSA) is 46.5 Å². The van der Waals surface area contributed by atoms with Gasteiger partial charge in [0, 0.05) is 10.5 Å². The fraction of sp³-hybridized carbons (Fsp3) is 0.381. The molecule has 144 valence electrons. The van der Waals surface area contributed by atoms with Crippen LogP contribution in [0.4, 0.5) is 4.39 Å². The number of alkyl halides is 1. The quantitative estimate of drug-likeness (QED) is 0.513. The van der Waals surface area contributed by atoms with E-state index in [4.69, 9.17) is 16.3 Å². The first-order chi connectivity index (χ1) is 13.0. The molecule has 3 nitrogen and oxygen atoms in total. The van der Waals surface area contributed by atoms with E-state index in [0.717, 1.165) is 23.3 Å². The van der Waals surface area contributed by atoms with Crippen LogP contribution in [0.15, 0.2) is 41.3 Å². The Hall–Kier alpha value is -1.72. The second kappa shape index (κ2) is 8.98. The summed E-state index contributed by atoms with van der Waals surface area (Å²) in [5.74, 6) is -0.587. The van der Waals surface area contributed by atoms with Crippen LogP contribution in [-0.2, 0) is 4.79 Å². The maximum absolute atomic E-state index is 12.7. The molecule has 1 N–H and O–H groups in total. The van der Waals surface area contributed by atoms with Crippen molar-refractivity contribution in [3.05, 3.63) is 47.0 Å². The van der Waals surface area contributed by atoms with Gasteiger partial charge < -0.3 is 9.84 Å². The summed E-state index contributed by atoms with van der Waals surface area (Å²) in [6.45, 7) is -0.720. The van der Waals surface area contributed by atoms with E-state index < -0.39 is 18.6 Å². The van der Waals surface area contributed by atoms with Crippen LogP contribution in [0.5, 0.6) is 5.75 Å². The maximum Gasteiger partial charge on any atom is 0.310 e. The molecule has 2 aromatic rings. The zero-order valence-electron chi connectivity index (χ0n) is 15.1. The molecule has 0 bridgehead atoms. The summed E-state index contributed by atoms with van der Waals surface area (Å²) in [5.41, 5.74) is 2.22. The van der Waals surface area contributed by atoms with E-state index in [-0.39, 0.29) is 6.61 Å². The maximum atomic E-state index is 12.7. The molecular formula is C21H22ClFO3S. The smallest absolute Gasteiger partial charge is 0.310 e. The first kappa shape index (κ1) is 20.0. The molecule has 1 fully saturated rings. The summed E-state index contributed by atoms with van der Waals surface area (Å²) in [7, 11) is 0. The first-order valence-electron chi connectivity index (χ1n) is 8.93. The van der Waals surface area contributed by atoms with Gasteiger partial charge in [0.15, 0.2) is 0 Å². The highest BCUT2D eigenvalue weighted by molar-refractivity contribution is 7.98. The van der Waals surface area contributed by atoms with Gasteiger partial charge in [-0.1, -0.05) is 36.6 Å². The molecule has 1 saturated carbocycles. The fourth-order valence-corrected chi connectivity index (χ4v) is 3.84.